The second-order valence-corrected chi connectivity index (χ2v) is 8.77. The fourth-order valence-electron chi connectivity index (χ4n) is 3.24. The molecule has 0 aliphatic carbocycles. The minimum absolute atomic E-state index is 0.0366. The van der Waals surface area contributed by atoms with Crippen molar-refractivity contribution in [1.82, 2.24) is 0 Å². The van der Waals surface area contributed by atoms with Crippen LogP contribution in [-0.4, -0.2) is 22.7 Å². The van der Waals surface area contributed by atoms with E-state index < -0.39 is 5.97 Å². The molecule has 3 aromatic carbocycles. The lowest BCUT2D eigenvalue weighted by atomic mass is 10.1. The molecule has 0 aromatic heterocycles. The van der Waals surface area contributed by atoms with E-state index in [0.29, 0.717) is 33.0 Å². The van der Waals surface area contributed by atoms with Crippen LogP contribution in [-0.2, 0) is 16.1 Å². The number of hydrogen-bond acceptors (Lipinski definition) is 6. The van der Waals surface area contributed by atoms with Crippen molar-refractivity contribution < 1.29 is 19.4 Å². The van der Waals surface area contributed by atoms with Gasteiger partial charge in [-0.05, 0) is 54.5 Å². The monoisotopic (exact) mass is 491 g/mol. The number of esters is 1. The first kappa shape index (κ1) is 23.7. The number of rotatable bonds is 7. The van der Waals surface area contributed by atoms with Gasteiger partial charge in [-0.15, -0.1) is 0 Å². The largest absolute Gasteiger partial charge is 0.506 e. The third kappa shape index (κ3) is 5.90. The second kappa shape index (κ2) is 11.1. The van der Waals surface area contributed by atoms with Crippen LogP contribution in [0.4, 0.5) is 5.69 Å². The maximum absolute atomic E-state index is 12.6. The third-order valence-corrected chi connectivity index (χ3v) is 6.07. The average molecular weight is 492 g/mol. The van der Waals surface area contributed by atoms with Crippen molar-refractivity contribution >= 4 is 46.1 Å². The van der Waals surface area contributed by atoms with Gasteiger partial charge in [-0.3, -0.25) is 0 Å². The van der Waals surface area contributed by atoms with Gasteiger partial charge in [-0.2, -0.15) is 0 Å². The lowest BCUT2D eigenvalue weighted by Gasteiger charge is -2.07. The van der Waals surface area contributed by atoms with Crippen LogP contribution in [0.5, 0.6) is 5.75 Å². The molecule has 1 aliphatic rings. The number of aliphatic hydroxyl groups excluding tert-OH is 1. The van der Waals surface area contributed by atoms with Crippen LogP contribution in [0.1, 0.15) is 18.1 Å². The second-order valence-electron chi connectivity index (χ2n) is 7.30. The lowest BCUT2D eigenvalue weighted by Crippen LogP contribution is -2.12. The number of benzene rings is 3. The molecule has 1 aliphatic heterocycles. The van der Waals surface area contributed by atoms with Crippen molar-refractivity contribution in [3.05, 3.63) is 111 Å². The smallest absolute Gasteiger partial charge is 0.344 e. The summed E-state index contributed by atoms with van der Waals surface area (Å²) in [6.07, 6.45) is 1.79. The zero-order valence-corrected chi connectivity index (χ0v) is 20.0. The van der Waals surface area contributed by atoms with Gasteiger partial charge in [0, 0.05) is 5.02 Å². The molecule has 3 aromatic rings. The Morgan fingerprint density at radius 1 is 1.06 bits per heavy atom. The van der Waals surface area contributed by atoms with Crippen molar-refractivity contribution in [2.24, 2.45) is 4.99 Å². The van der Waals surface area contributed by atoms with Gasteiger partial charge in [0.15, 0.2) is 0 Å². The van der Waals surface area contributed by atoms with Crippen molar-refractivity contribution in [2.75, 3.05) is 6.61 Å². The van der Waals surface area contributed by atoms with Gasteiger partial charge < -0.3 is 14.6 Å². The molecule has 0 atom stereocenters. The summed E-state index contributed by atoms with van der Waals surface area (Å²) < 4.78 is 11.1. The standard InChI is InChI=1S/C27H22ClNO4S/c1-2-32-27(31)24-25(30)23(34-26(24)29-21-12-7-11-20(28)16-21)15-19-10-6-13-22(14-19)33-17-18-8-4-3-5-9-18/h3-16,30H,2,17H2,1H3. The zero-order chi connectivity index (χ0) is 23.9. The van der Waals surface area contributed by atoms with Gasteiger partial charge in [-0.25, -0.2) is 9.79 Å². The van der Waals surface area contributed by atoms with E-state index in [-0.39, 0.29) is 17.9 Å². The average Bonchev–Trinajstić information content (AvgIpc) is 3.13. The number of ether oxygens (including phenoxy) is 2. The van der Waals surface area contributed by atoms with Crippen LogP contribution < -0.4 is 4.74 Å². The van der Waals surface area contributed by atoms with E-state index in [1.807, 2.05) is 54.6 Å². The summed E-state index contributed by atoms with van der Waals surface area (Å²) in [4.78, 5) is 17.6. The number of halogens is 1. The summed E-state index contributed by atoms with van der Waals surface area (Å²) in [6.45, 7) is 2.35. The first-order valence-corrected chi connectivity index (χ1v) is 11.8. The lowest BCUT2D eigenvalue weighted by molar-refractivity contribution is -0.138. The van der Waals surface area contributed by atoms with Gasteiger partial charge in [0.1, 0.15) is 28.7 Å². The Kier molecular flexibility index (Phi) is 7.72. The highest BCUT2D eigenvalue weighted by Crippen LogP contribution is 2.40. The fourth-order valence-corrected chi connectivity index (χ4v) is 4.46. The molecule has 0 saturated heterocycles. The molecule has 1 heterocycles. The fraction of sp³-hybridized carbons (Fsp3) is 0.111. The third-order valence-electron chi connectivity index (χ3n) is 4.81. The SMILES string of the molecule is CCOC(=O)C1=C(O)C(=Cc2cccc(OCc3ccccc3)c2)SC1=Nc1cccc(Cl)c1. The first-order chi connectivity index (χ1) is 16.5. The highest BCUT2D eigenvalue weighted by atomic mass is 35.5. The quantitative estimate of drug-likeness (QED) is 0.356. The summed E-state index contributed by atoms with van der Waals surface area (Å²) in [6, 6.07) is 24.4. The molecule has 0 radical (unpaired) electrons. The Labute approximate surface area is 207 Å². The summed E-state index contributed by atoms with van der Waals surface area (Å²) >= 11 is 7.27. The summed E-state index contributed by atoms with van der Waals surface area (Å²) in [5.41, 5.74) is 2.49. The Morgan fingerprint density at radius 2 is 1.85 bits per heavy atom. The summed E-state index contributed by atoms with van der Waals surface area (Å²) in [5, 5.41) is 11.8. The van der Waals surface area contributed by atoms with E-state index in [4.69, 9.17) is 21.1 Å². The van der Waals surface area contributed by atoms with Crippen LogP contribution in [0.2, 0.25) is 5.02 Å². The predicted octanol–water partition coefficient (Wildman–Crippen LogP) is 7.11. The summed E-state index contributed by atoms with van der Waals surface area (Å²) in [7, 11) is 0. The Bertz CT molecular complexity index is 1280. The molecule has 0 saturated carbocycles. The molecule has 5 nitrogen and oxygen atoms in total. The molecular formula is C27H22ClNO4S. The number of aliphatic hydroxyl groups is 1. The Hall–Kier alpha value is -3.48. The van der Waals surface area contributed by atoms with Gasteiger partial charge >= 0.3 is 5.97 Å². The molecule has 1 N–H and O–H groups in total. The van der Waals surface area contributed by atoms with E-state index in [1.54, 1.807) is 37.3 Å². The number of nitrogens with zero attached hydrogens (tertiary/aromatic N) is 1. The Balaban J connectivity index is 1.62. The normalized spacial score (nSPS) is 15.7. The van der Waals surface area contributed by atoms with Crippen molar-refractivity contribution in [3.63, 3.8) is 0 Å². The molecule has 0 bridgehead atoms. The molecule has 172 valence electrons. The molecule has 4 rings (SSSR count). The van der Waals surface area contributed by atoms with Gasteiger partial charge in [-0.1, -0.05) is 71.9 Å². The molecule has 0 amide bonds. The molecule has 0 unspecified atom stereocenters. The number of thioether (sulfide) groups is 1. The van der Waals surface area contributed by atoms with Gasteiger partial charge in [0.25, 0.3) is 0 Å². The molecule has 34 heavy (non-hydrogen) atoms. The maximum atomic E-state index is 12.6. The number of carbonyl (C=O) groups excluding carboxylic acids is 1. The first-order valence-electron chi connectivity index (χ1n) is 10.6. The van der Waals surface area contributed by atoms with E-state index in [2.05, 4.69) is 4.99 Å². The minimum Gasteiger partial charge on any atom is -0.506 e. The number of carbonyl (C=O) groups is 1. The number of aliphatic imine (C=N–C) groups is 1. The van der Waals surface area contributed by atoms with E-state index in [1.165, 1.54) is 11.8 Å². The van der Waals surface area contributed by atoms with Crippen LogP contribution in [0.25, 0.3) is 6.08 Å². The van der Waals surface area contributed by atoms with Crippen molar-refractivity contribution in [1.29, 1.82) is 0 Å². The highest BCUT2D eigenvalue weighted by molar-refractivity contribution is 8.18. The highest BCUT2D eigenvalue weighted by Gasteiger charge is 2.33. The summed E-state index contributed by atoms with van der Waals surface area (Å²) in [5.74, 6) is -0.0976. The molecule has 7 heteroatoms. The molecule has 0 fully saturated rings. The topological polar surface area (TPSA) is 68.1 Å². The van der Waals surface area contributed by atoms with E-state index in [0.717, 1.165) is 11.1 Å². The molecule has 0 spiro atoms. The van der Waals surface area contributed by atoms with Gasteiger partial charge in [0.05, 0.1) is 17.2 Å². The minimum atomic E-state index is -0.628. The van der Waals surface area contributed by atoms with Crippen molar-refractivity contribution in [3.8, 4) is 5.75 Å². The number of hydrogen-bond donors (Lipinski definition) is 1. The molecular weight excluding hydrogens is 470 g/mol. The van der Waals surface area contributed by atoms with Crippen LogP contribution >= 0.6 is 23.4 Å². The van der Waals surface area contributed by atoms with E-state index in [9.17, 15) is 9.90 Å². The Morgan fingerprint density at radius 3 is 2.62 bits per heavy atom. The van der Waals surface area contributed by atoms with Crippen LogP contribution in [0.3, 0.4) is 0 Å². The zero-order valence-electron chi connectivity index (χ0n) is 18.4. The predicted molar refractivity (Wildman–Crippen MR) is 138 cm³/mol. The van der Waals surface area contributed by atoms with E-state index >= 15 is 0 Å². The van der Waals surface area contributed by atoms with Crippen molar-refractivity contribution in [2.45, 2.75) is 13.5 Å². The van der Waals surface area contributed by atoms with Crippen LogP contribution in [0.15, 0.2) is 100 Å². The van der Waals surface area contributed by atoms with Gasteiger partial charge in [0.2, 0.25) is 0 Å². The maximum Gasteiger partial charge on any atom is 0.344 e. The van der Waals surface area contributed by atoms with Crippen LogP contribution in [0, 0.1) is 0 Å².